The van der Waals surface area contributed by atoms with E-state index in [4.69, 9.17) is 5.73 Å². The SMILES string of the molecule is CCCC[C@H](N)C(=O)N[C@@H](Cc1ccc(O)cc1)C(=O)N[C@H](CN[C@@H](Cc1cnc[nH]1)C(=O)N1CCC[C@H]1C(=O)N[C@@H](Cc1ccccc1)C(=O)O)CC(C)C. The van der Waals surface area contributed by atoms with Crippen LogP contribution in [0.2, 0.25) is 0 Å². The van der Waals surface area contributed by atoms with E-state index in [1.54, 1.807) is 42.6 Å². The van der Waals surface area contributed by atoms with Gasteiger partial charge in [0, 0.05) is 50.3 Å². The van der Waals surface area contributed by atoms with Crippen molar-refractivity contribution in [3.05, 3.63) is 83.9 Å². The molecule has 3 aromatic rings. The number of aromatic hydroxyl groups is 1. The number of carboxylic acids is 1. The summed E-state index contributed by atoms with van der Waals surface area (Å²) in [5.74, 6) is -2.64. The third kappa shape index (κ3) is 13.5. The van der Waals surface area contributed by atoms with Gasteiger partial charge < -0.3 is 47.1 Å². The van der Waals surface area contributed by atoms with Crippen LogP contribution in [0, 0.1) is 5.92 Å². The van der Waals surface area contributed by atoms with Crippen LogP contribution in [0.4, 0.5) is 0 Å². The average Bonchev–Trinajstić information content (AvgIpc) is 3.88. The number of hydrogen-bond acceptors (Lipinski definition) is 9. The molecule has 1 aromatic heterocycles. The minimum absolute atomic E-state index is 0.0797. The van der Waals surface area contributed by atoms with Crippen LogP contribution in [0.15, 0.2) is 67.1 Å². The highest BCUT2D eigenvalue weighted by molar-refractivity contribution is 5.93. The van der Waals surface area contributed by atoms with E-state index in [2.05, 4.69) is 31.2 Å². The van der Waals surface area contributed by atoms with Gasteiger partial charge >= 0.3 is 5.97 Å². The monoisotopic (exact) mass is 774 g/mol. The zero-order valence-corrected chi connectivity index (χ0v) is 32.6. The maximum atomic E-state index is 14.3. The summed E-state index contributed by atoms with van der Waals surface area (Å²) < 4.78 is 0. The Balaban J connectivity index is 1.49. The molecule has 0 bridgehead atoms. The summed E-state index contributed by atoms with van der Waals surface area (Å²) >= 11 is 0. The number of carbonyl (C=O) groups is 5. The molecule has 1 fully saturated rings. The summed E-state index contributed by atoms with van der Waals surface area (Å²) in [7, 11) is 0. The van der Waals surface area contributed by atoms with Crippen LogP contribution in [0.1, 0.15) is 76.1 Å². The maximum absolute atomic E-state index is 14.3. The number of rotatable bonds is 22. The molecule has 0 unspecified atom stereocenters. The number of imidazole rings is 1. The van der Waals surface area contributed by atoms with Crippen LogP contribution in [0.25, 0.3) is 0 Å². The molecule has 2 aromatic carbocycles. The van der Waals surface area contributed by atoms with Crippen molar-refractivity contribution in [2.45, 2.75) is 115 Å². The standard InChI is InChI=1S/C41H58N8O7/c1-4-5-12-32(42)37(51)47-33(20-28-14-16-31(50)17-15-28)38(52)46-30(19-26(2)3)24-44-34(22-29-23-43-25-45-29)40(54)49-18-9-13-36(49)39(53)48-35(41(55)56)21-27-10-7-6-8-11-27/h6-8,10-11,14-17,23,25-26,30,32-36,44,50H,4-5,9,12-13,18-22,24,42H2,1-3H3,(H,43,45)(H,46,52)(H,47,51)(H,48,53)(H,55,56)/t30-,32-,33-,34-,35-,36-/m0/s1. The molecule has 4 amide bonds. The largest absolute Gasteiger partial charge is 0.508 e. The Morgan fingerprint density at radius 2 is 1.61 bits per heavy atom. The Morgan fingerprint density at radius 3 is 2.25 bits per heavy atom. The van der Waals surface area contributed by atoms with Gasteiger partial charge in [-0.15, -0.1) is 0 Å². The van der Waals surface area contributed by atoms with Crippen molar-refractivity contribution < 1.29 is 34.2 Å². The number of aliphatic carboxylic acids is 1. The van der Waals surface area contributed by atoms with Gasteiger partial charge in [0.2, 0.25) is 23.6 Å². The van der Waals surface area contributed by atoms with Crippen LogP contribution >= 0.6 is 0 Å². The first-order valence-electron chi connectivity index (χ1n) is 19.6. The topological polar surface area (TPSA) is 232 Å². The van der Waals surface area contributed by atoms with Gasteiger partial charge in [0.05, 0.1) is 18.4 Å². The van der Waals surface area contributed by atoms with Gasteiger partial charge in [-0.1, -0.05) is 76.1 Å². The van der Waals surface area contributed by atoms with E-state index >= 15 is 0 Å². The number of nitrogens with one attached hydrogen (secondary N) is 5. The molecule has 0 spiro atoms. The third-order valence-electron chi connectivity index (χ3n) is 9.94. The lowest BCUT2D eigenvalue weighted by Gasteiger charge is -2.31. The van der Waals surface area contributed by atoms with Crippen molar-refractivity contribution in [2.75, 3.05) is 13.1 Å². The van der Waals surface area contributed by atoms with Crippen LogP contribution in [-0.2, 0) is 43.2 Å². The van der Waals surface area contributed by atoms with Crippen molar-refractivity contribution in [3.8, 4) is 5.75 Å². The number of aromatic amines is 1. The number of carboxylic acid groups (broad SMARTS) is 1. The molecule has 9 N–H and O–H groups in total. The van der Waals surface area contributed by atoms with E-state index in [-0.39, 0.29) is 43.4 Å². The first kappa shape index (κ1) is 43.4. The van der Waals surface area contributed by atoms with Gasteiger partial charge in [0.15, 0.2) is 0 Å². The predicted molar refractivity (Wildman–Crippen MR) is 211 cm³/mol. The molecule has 4 rings (SSSR count). The molecule has 1 aliphatic rings. The van der Waals surface area contributed by atoms with Crippen molar-refractivity contribution in [1.82, 2.24) is 36.1 Å². The van der Waals surface area contributed by atoms with Gasteiger partial charge in [-0.3, -0.25) is 19.2 Å². The minimum Gasteiger partial charge on any atom is -0.508 e. The third-order valence-corrected chi connectivity index (χ3v) is 9.94. The smallest absolute Gasteiger partial charge is 0.326 e. The highest BCUT2D eigenvalue weighted by Gasteiger charge is 2.39. The molecule has 6 atom stereocenters. The molecule has 304 valence electrons. The second-order valence-electron chi connectivity index (χ2n) is 15.0. The number of phenolic OH excluding ortho intramolecular Hbond substituents is 1. The number of nitrogens with two attached hydrogens (primary N) is 1. The quantitative estimate of drug-likeness (QED) is 0.0742. The fourth-order valence-corrected chi connectivity index (χ4v) is 6.94. The molecule has 56 heavy (non-hydrogen) atoms. The highest BCUT2D eigenvalue weighted by atomic mass is 16.4. The molecule has 0 radical (unpaired) electrons. The Morgan fingerprint density at radius 1 is 0.911 bits per heavy atom. The number of unbranched alkanes of at least 4 members (excludes halogenated alkanes) is 1. The number of nitrogens with zero attached hydrogens (tertiary/aromatic N) is 2. The zero-order chi connectivity index (χ0) is 40.6. The number of aromatic nitrogens is 2. The minimum atomic E-state index is -1.17. The van der Waals surface area contributed by atoms with Crippen molar-refractivity contribution >= 4 is 29.6 Å². The molecule has 1 aliphatic heterocycles. The lowest BCUT2D eigenvalue weighted by Crippen LogP contribution is -2.58. The van der Waals surface area contributed by atoms with E-state index in [1.807, 2.05) is 26.8 Å². The number of phenols is 1. The van der Waals surface area contributed by atoms with Crippen LogP contribution in [-0.4, -0.2) is 104 Å². The highest BCUT2D eigenvalue weighted by Crippen LogP contribution is 2.21. The number of benzene rings is 2. The summed E-state index contributed by atoms with van der Waals surface area (Å²) in [6.45, 7) is 6.55. The normalized spacial score (nSPS) is 16.7. The molecule has 15 heteroatoms. The Labute approximate surface area is 328 Å². The molecule has 0 saturated carbocycles. The predicted octanol–water partition coefficient (Wildman–Crippen LogP) is 2.20. The van der Waals surface area contributed by atoms with Crippen molar-refractivity contribution in [3.63, 3.8) is 0 Å². The fourth-order valence-electron chi connectivity index (χ4n) is 6.94. The number of hydrogen-bond donors (Lipinski definition) is 8. The summed E-state index contributed by atoms with van der Waals surface area (Å²) in [5, 5.41) is 31.7. The molecular weight excluding hydrogens is 716 g/mol. The molecule has 2 heterocycles. The average molecular weight is 775 g/mol. The summed E-state index contributed by atoms with van der Waals surface area (Å²) in [6.07, 6.45) is 7.23. The summed E-state index contributed by atoms with van der Waals surface area (Å²) in [5.41, 5.74) is 8.34. The van der Waals surface area contributed by atoms with Gasteiger partial charge in [0.25, 0.3) is 0 Å². The van der Waals surface area contributed by atoms with Crippen LogP contribution in [0.5, 0.6) is 5.75 Å². The van der Waals surface area contributed by atoms with E-state index < -0.39 is 59.9 Å². The maximum Gasteiger partial charge on any atom is 0.326 e. The second-order valence-corrected chi connectivity index (χ2v) is 15.0. The van der Waals surface area contributed by atoms with Gasteiger partial charge in [-0.2, -0.15) is 0 Å². The van der Waals surface area contributed by atoms with Crippen molar-refractivity contribution in [2.24, 2.45) is 11.7 Å². The number of carbonyl (C=O) groups excluding carboxylic acids is 4. The molecule has 15 nitrogen and oxygen atoms in total. The summed E-state index contributed by atoms with van der Waals surface area (Å²) in [4.78, 5) is 75.8. The molecular formula is C41H58N8O7. The van der Waals surface area contributed by atoms with Crippen LogP contribution in [0.3, 0.4) is 0 Å². The number of H-pyrrole nitrogens is 1. The lowest BCUT2D eigenvalue weighted by molar-refractivity contribution is -0.144. The zero-order valence-electron chi connectivity index (χ0n) is 32.6. The van der Waals surface area contributed by atoms with E-state index in [0.717, 1.165) is 24.0 Å². The van der Waals surface area contributed by atoms with Gasteiger partial charge in [-0.25, -0.2) is 9.78 Å². The fraction of sp³-hybridized carbons (Fsp3) is 0.512. The van der Waals surface area contributed by atoms with Gasteiger partial charge in [-0.05, 0) is 54.9 Å². The van der Waals surface area contributed by atoms with Gasteiger partial charge in [0.1, 0.15) is 23.9 Å². The Bertz CT molecular complexity index is 1700. The first-order chi connectivity index (χ1) is 26.8. The van der Waals surface area contributed by atoms with Crippen LogP contribution < -0.4 is 27.0 Å². The second kappa shape index (κ2) is 21.7. The van der Waals surface area contributed by atoms with E-state index in [9.17, 15) is 34.2 Å². The number of amides is 4. The van der Waals surface area contributed by atoms with E-state index in [1.165, 1.54) is 23.4 Å². The summed E-state index contributed by atoms with van der Waals surface area (Å²) in [6, 6.07) is 10.4. The molecule has 1 saturated heterocycles. The van der Waals surface area contributed by atoms with E-state index in [0.29, 0.717) is 37.9 Å². The Hall–Kier alpha value is -5.28. The lowest BCUT2D eigenvalue weighted by atomic mass is 10.00. The van der Waals surface area contributed by atoms with Crippen molar-refractivity contribution in [1.29, 1.82) is 0 Å². The molecule has 0 aliphatic carbocycles. The Kier molecular flexibility index (Phi) is 16.8. The first-order valence-corrected chi connectivity index (χ1v) is 19.6. The number of likely N-dealkylation sites (tertiary alicyclic amines) is 1.